The van der Waals surface area contributed by atoms with Crippen LogP contribution in [-0.2, 0) is 11.2 Å². The van der Waals surface area contributed by atoms with Gasteiger partial charge in [0.1, 0.15) is 11.9 Å². The third-order valence-electron chi connectivity index (χ3n) is 2.25. The molecule has 1 atom stereocenters. The summed E-state index contributed by atoms with van der Waals surface area (Å²) in [7, 11) is 0. The summed E-state index contributed by atoms with van der Waals surface area (Å²) in [6.45, 7) is 0. The van der Waals surface area contributed by atoms with Gasteiger partial charge in [-0.05, 0) is 12.8 Å². The molecule has 0 aromatic carbocycles. The van der Waals surface area contributed by atoms with Gasteiger partial charge in [-0.1, -0.05) is 0 Å². The monoisotopic (exact) mass is 183 g/mol. The van der Waals surface area contributed by atoms with Crippen molar-refractivity contribution in [3.8, 4) is 0 Å². The van der Waals surface area contributed by atoms with Crippen molar-refractivity contribution < 1.29 is 9.90 Å². The highest BCUT2D eigenvalue weighted by Gasteiger charge is 2.28. The molecule has 13 heavy (non-hydrogen) atoms. The molecular weight excluding hydrogens is 174 g/mol. The smallest absolute Gasteiger partial charge is 0.344 e. The van der Waals surface area contributed by atoms with Crippen LogP contribution >= 0.6 is 0 Å². The topological polar surface area (TPSA) is 88.0 Å². The van der Waals surface area contributed by atoms with Crippen LogP contribution in [0.4, 0.5) is 0 Å². The number of aromatic amines is 1. The lowest BCUT2D eigenvalue weighted by molar-refractivity contribution is -0.141. The van der Waals surface area contributed by atoms with Gasteiger partial charge in [0.05, 0.1) is 0 Å². The molecule has 0 radical (unpaired) electrons. The van der Waals surface area contributed by atoms with E-state index in [2.05, 4.69) is 10.2 Å². The minimum atomic E-state index is -0.968. The van der Waals surface area contributed by atoms with Crippen molar-refractivity contribution in [2.75, 3.05) is 0 Å². The third-order valence-corrected chi connectivity index (χ3v) is 2.25. The Morgan fingerprint density at radius 1 is 1.69 bits per heavy atom. The minimum Gasteiger partial charge on any atom is -0.480 e. The first-order valence-corrected chi connectivity index (χ1v) is 4.08. The lowest BCUT2D eigenvalue weighted by atomic mass is 10.1. The van der Waals surface area contributed by atoms with E-state index in [0.717, 1.165) is 6.42 Å². The minimum absolute atomic E-state index is 0.429. The first-order chi connectivity index (χ1) is 6.20. The number of nitrogens with zero attached hydrogens (tertiary/aromatic N) is 2. The second-order valence-electron chi connectivity index (χ2n) is 3.06. The Labute approximate surface area is 73.2 Å². The summed E-state index contributed by atoms with van der Waals surface area (Å²) in [5.41, 5.74) is -0.429. The molecule has 1 aliphatic rings. The van der Waals surface area contributed by atoms with Gasteiger partial charge < -0.3 is 5.11 Å². The van der Waals surface area contributed by atoms with Gasteiger partial charge in [0.2, 0.25) is 0 Å². The average molecular weight is 183 g/mol. The Kier molecular flexibility index (Phi) is 1.68. The lowest BCUT2D eigenvalue weighted by Gasteiger charge is -2.19. The van der Waals surface area contributed by atoms with Crippen molar-refractivity contribution in [2.24, 2.45) is 0 Å². The van der Waals surface area contributed by atoms with Crippen molar-refractivity contribution >= 4 is 5.97 Å². The first-order valence-electron chi connectivity index (χ1n) is 4.08. The molecule has 1 aromatic rings. The van der Waals surface area contributed by atoms with Crippen molar-refractivity contribution in [3.63, 3.8) is 0 Å². The molecule has 0 bridgehead atoms. The SMILES string of the molecule is O=C(O)C1CCCc2n[nH]c(=O)n21. The maximum absolute atomic E-state index is 11.2. The van der Waals surface area contributed by atoms with Gasteiger partial charge in [-0.25, -0.2) is 14.7 Å². The van der Waals surface area contributed by atoms with E-state index in [4.69, 9.17) is 5.11 Å². The Bertz CT molecular complexity index is 392. The summed E-state index contributed by atoms with van der Waals surface area (Å²) in [4.78, 5) is 21.9. The Morgan fingerprint density at radius 2 is 2.46 bits per heavy atom. The van der Waals surface area contributed by atoms with E-state index in [0.29, 0.717) is 18.7 Å². The summed E-state index contributed by atoms with van der Waals surface area (Å²) in [5, 5.41) is 14.8. The molecule has 6 heteroatoms. The number of hydrogen-bond acceptors (Lipinski definition) is 3. The molecule has 2 rings (SSSR count). The molecular formula is C7H9N3O3. The molecule has 0 spiro atoms. The number of aromatic nitrogens is 3. The number of rotatable bonds is 1. The number of carboxylic acids is 1. The number of aryl methyl sites for hydroxylation is 1. The highest BCUT2D eigenvalue weighted by Crippen LogP contribution is 2.20. The normalized spacial score (nSPS) is 21.1. The van der Waals surface area contributed by atoms with Crippen LogP contribution in [0.1, 0.15) is 24.7 Å². The van der Waals surface area contributed by atoms with Crippen LogP contribution < -0.4 is 5.69 Å². The van der Waals surface area contributed by atoms with Crippen LogP contribution in [0.25, 0.3) is 0 Å². The molecule has 2 N–H and O–H groups in total. The lowest BCUT2D eigenvalue weighted by Crippen LogP contribution is -2.32. The molecule has 70 valence electrons. The molecule has 1 aliphatic heterocycles. The largest absolute Gasteiger partial charge is 0.480 e. The van der Waals surface area contributed by atoms with E-state index in [1.807, 2.05) is 0 Å². The number of carboxylic acid groups (broad SMARTS) is 1. The molecule has 0 saturated heterocycles. The van der Waals surface area contributed by atoms with E-state index in [9.17, 15) is 9.59 Å². The fraction of sp³-hybridized carbons (Fsp3) is 0.571. The summed E-state index contributed by atoms with van der Waals surface area (Å²) in [6.07, 6.45) is 1.94. The van der Waals surface area contributed by atoms with E-state index < -0.39 is 17.7 Å². The predicted octanol–water partition coefficient (Wildman–Crippen LogP) is -0.467. The van der Waals surface area contributed by atoms with Crippen molar-refractivity contribution in [1.29, 1.82) is 0 Å². The molecule has 0 amide bonds. The number of aliphatic carboxylic acids is 1. The van der Waals surface area contributed by atoms with Crippen LogP contribution in [0.15, 0.2) is 4.79 Å². The summed E-state index contributed by atoms with van der Waals surface area (Å²) < 4.78 is 1.23. The zero-order chi connectivity index (χ0) is 9.42. The zero-order valence-electron chi connectivity index (χ0n) is 6.86. The summed E-state index contributed by atoms with van der Waals surface area (Å²) >= 11 is 0. The van der Waals surface area contributed by atoms with Crippen LogP contribution in [0, 0.1) is 0 Å². The molecule has 6 nitrogen and oxygen atoms in total. The van der Waals surface area contributed by atoms with E-state index >= 15 is 0 Å². The fourth-order valence-electron chi connectivity index (χ4n) is 1.65. The van der Waals surface area contributed by atoms with E-state index in [-0.39, 0.29) is 0 Å². The second-order valence-corrected chi connectivity index (χ2v) is 3.06. The van der Waals surface area contributed by atoms with Crippen LogP contribution in [0.3, 0.4) is 0 Å². The maximum atomic E-state index is 11.2. The quantitative estimate of drug-likeness (QED) is 0.616. The molecule has 0 fully saturated rings. The number of H-pyrrole nitrogens is 1. The number of nitrogens with one attached hydrogen (secondary N) is 1. The highest BCUT2D eigenvalue weighted by molar-refractivity contribution is 5.72. The average Bonchev–Trinajstić information content (AvgIpc) is 2.48. The molecule has 0 saturated carbocycles. The number of fused-ring (bicyclic) bond motifs is 1. The van der Waals surface area contributed by atoms with Gasteiger partial charge in [0.25, 0.3) is 0 Å². The highest BCUT2D eigenvalue weighted by atomic mass is 16.4. The zero-order valence-corrected chi connectivity index (χ0v) is 6.86. The summed E-state index contributed by atoms with van der Waals surface area (Å²) in [6, 6.07) is -0.741. The Balaban J connectivity index is 2.52. The van der Waals surface area contributed by atoms with Crippen LogP contribution in [-0.4, -0.2) is 25.8 Å². The van der Waals surface area contributed by atoms with Crippen molar-refractivity contribution in [3.05, 3.63) is 16.3 Å². The first kappa shape index (κ1) is 8.03. The fourth-order valence-corrected chi connectivity index (χ4v) is 1.65. The van der Waals surface area contributed by atoms with Crippen LogP contribution in [0.2, 0.25) is 0 Å². The van der Waals surface area contributed by atoms with Crippen molar-refractivity contribution in [2.45, 2.75) is 25.3 Å². The predicted molar refractivity (Wildman–Crippen MR) is 42.5 cm³/mol. The standard InChI is InChI=1S/C7H9N3O3/c11-6(12)4-2-1-3-5-8-9-7(13)10(4)5/h4H,1-3H2,(H,9,13)(H,11,12). The Morgan fingerprint density at radius 3 is 3.15 bits per heavy atom. The Hall–Kier alpha value is -1.59. The van der Waals surface area contributed by atoms with Gasteiger partial charge in [-0.3, -0.25) is 4.57 Å². The molecule has 1 unspecified atom stereocenters. The summed E-state index contributed by atoms with van der Waals surface area (Å²) in [5.74, 6) is -0.423. The van der Waals surface area contributed by atoms with E-state index in [1.165, 1.54) is 4.57 Å². The van der Waals surface area contributed by atoms with Gasteiger partial charge in [-0.15, -0.1) is 0 Å². The van der Waals surface area contributed by atoms with Gasteiger partial charge in [-0.2, -0.15) is 5.10 Å². The van der Waals surface area contributed by atoms with E-state index in [1.54, 1.807) is 0 Å². The van der Waals surface area contributed by atoms with Gasteiger partial charge >= 0.3 is 11.7 Å². The number of hydrogen-bond donors (Lipinski definition) is 2. The third kappa shape index (κ3) is 1.14. The van der Waals surface area contributed by atoms with Crippen molar-refractivity contribution in [1.82, 2.24) is 14.8 Å². The molecule has 1 aromatic heterocycles. The molecule has 2 heterocycles. The second kappa shape index (κ2) is 2.72. The van der Waals surface area contributed by atoms with Crippen LogP contribution in [0.5, 0.6) is 0 Å². The number of carbonyl (C=O) groups is 1. The van der Waals surface area contributed by atoms with Gasteiger partial charge in [0, 0.05) is 6.42 Å². The molecule has 0 aliphatic carbocycles. The maximum Gasteiger partial charge on any atom is 0.344 e. The van der Waals surface area contributed by atoms with Gasteiger partial charge in [0.15, 0.2) is 0 Å².